The van der Waals surface area contributed by atoms with Crippen LogP contribution in [-0.2, 0) is 0 Å². The predicted octanol–water partition coefficient (Wildman–Crippen LogP) is 3.67. The maximum atomic E-state index is 12.6. The van der Waals surface area contributed by atoms with Crippen LogP contribution in [0, 0.1) is 0 Å². The lowest BCUT2D eigenvalue weighted by atomic mass is 10.1. The van der Waals surface area contributed by atoms with Gasteiger partial charge < -0.3 is 15.2 Å². The number of hydrogen-bond acceptors (Lipinski definition) is 4. The number of aliphatic imine (C=N–C) groups is 1. The van der Waals surface area contributed by atoms with Gasteiger partial charge in [-0.05, 0) is 24.3 Å². The molecule has 0 amide bonds. The summed E-state index contributed by atoms with van der Waals surface area (Å²) >= 11 is 6.09. The summed E-state index contributed by atoms with van der Waals surface area (Å²) in [5, 5.41) is 13.4. The molecule has 1 unspecified atom stereocenters. The first-order valence-electron chi connectivity index (χ1n) is 7.59. The molecule has 1 aliphatic rings. The van der Waals surface area contributed by atoms with Crippen molar-refractivity contribution in [3.05, 3.63) is 53.1 Å². The van der Waals surface area contributed by atoms with E-state index in [4.69, 9.17) is 16.3 Å². The highest BCUT2D eigenvalue weighted by molar-refractivity contribution is 6.31. The van der Waals surface area contributed by atoms with Crippen molar-refractivity contribution in [2.45, 2.75) is 12.5 Å². The van der Waals surface area contributed by atoms with E-state index in [2.05, 4.69) is 10.3 Å². The second-order valence-corrected chi connectivity index (χ2v) is 5.93. The number of fused-ring (bicyclic) bond motifs is 1. The van der Waals surface area contributed by atoms with E-state index in [1.165, 1.54) is 18.0 Å². The van der Waals surface area contributed by atoms with Crippen molar-refractivity contribution in [2.24, 2.45) is 4.99 Å². The monoisotopic (exact) mass is 385 g/mol. The van der Waals surface area contributed by atoms with E-state index in [-0.39, 0.29) is 22.2 Å². The van der Waals surface area contributed by atoms with Gasteiger partial charge in [0.2, 0.25) is 6.35 Å². The molecule has 5 nitrogen and oxygen atoms in total. The van der Waals surface area contributed by atoms with Crippen LogP contribution in [0.1, 0.15) is 5.56 Å². The average Bonchev–Trinajstić information content (AvgIpc) is 2.58. The Morgan fingerprint density at radius 2 is 1.96 bits per heavy atom. The molecular formula is C17H15ClF3N3O2. The lowest BCUT2D eigenvalue weighted by molar-refractivity contribution is -0.153. The maximum absolute atomic E-state index is 12.6. The van der Waals surface area contributed by atoms with E-state index in [1.807, 2.05) is 6.07 Å². The Labute approximate surface area is 152 Å². The Morgan fingerprint density at radius 3 is 2.58 bits per heavy atom. The molecule has 0 bridgehead atoms. The predicted molar refractivity (Wildman–Crippen MR) is 93.2 cm³/mol. The molecule has 138 valence electrons. The lowest BCUT2D eigenvalue weighted by Gasteiger charge is -2.38. The third-order valence-electron chi connectivity index (χ3n) is 3.70. The normalized spacial score (nSPS) is 18.5. The van der Waals surface area contributed by atoms with Crippen molar-refractivity contribution < 1.29 is 23.0 Å². The number of alkyl halides is 3. The van der Waals surface area contributed by atoms with Gasteiger partial charge in [-0.3, -0.25) is 9.89 Å². The molecule has 1 atom stereocenters. The minimum atomic E-state index is -4.50. The fraction of sp³-hybridized carbons (Fsp3) is 0.235. The van der Waals surface area contributed by atoms with Crippen molar-refractivity contribution in [1.29, 1.82) is 0 Å². The standard InChI is InChI=1S/C17H15ClF3N3O2/c1-22-15-14-12(7-10(18)8-13(14)26-9-17(19,20)21)24(16(25)23-15)11-5-3-2-4-6-11/h2-8,16,25H,9H2,1H3,(H,22,23). The first-order valence-corrected chi connectivity index (χ1v) is 7.97. The van der Waals surface area contributed by atoms with Crippen LogP contribution in [0.25, 0.3) is 0 Å². The van der Waals surface area contributed by atoms with Crippen molar-refractivity contribution >= 4 is 28.8 Å². The molecule has 3 rings (SSSR count). The molecule has 0 fully saturated rings. The van der Waals surface area contributed by atoms with E-state index in [1.54, 1.807) is 30.3 Å². The van der Waals surface area contributed by atoms with Gasteiger partial charge in [0.15, 0.2) is 6.61 Å². The van der Waals surface area contributed by atoms with Gasteiger partial charge in [-0.2, -0.15) is 13.2 Å². The van der Waals surface area contributed by atoms with E-state index >= 15 is 0 Å². The first-order chi connectivity index (χ1) is 12.3. The van der Waals surface area contributed by atoms with Crippen LogP contribution in [0.4, 0.5) is 24.5 Å². The van der Waals surface area contributed by atoms with Crippen LogP contribution in [0.3, 0.4) is 0 Å². The number of halogens is 4. The Morgan fingerprint density at radius 1 is 1.27 bits per heavy atom. The molecule has 0 saturated carbocycles. The molecule has 26 heavy (non-hydrogen) atoms. The number of amidine groups is 1. The van der Waals surface area contributed by atoms with Gasteiger partial charge in [0.1, 0.15) is 11.6 Å². The zero-order valence-electron chi connectivity index (χ0n) is 13.6. The van der Waals surface area contributed by atoms with Gasteiger partial charge in [-0.25, -0.2) is 0 Å². The molecule has 0 aromatic heterocycles. The molecule has 2 N–H and O–H groups in total. The molecule has 2 aromatic carbocycles. The van der Waals surface area contributed by atoms with Crippen LogP contribution in [0.5, 0.6) is 5.75 Å². The van der Waals surface area contributed by atoms with Gasteiger partial charge >= 0.3 is 6.18 Å². The number of hydrogen-bond donors (Lipinski definition) is 2. The number of aliphatic hydroxyl groups excluding tert-OH is 1. The molecule has 1 aliphatic heterocycles. The number of para-hydroxylation sites is 1. The van der Waals surface area contributed by atoms with Crippen molar-refractivity contribution in [2.75, 3.05) is 18.6 Å². The summed E-state index contributed by atoms with van der Waals surface area (Å²) in [7, 11) is 1.46. The van der Waals surface area contributed by atoms with Crippen LogP contribution >= 0.6 is 11.6 Å². The summed E-state index contributed by atoms with van der Waals surface area (Å²) in [5.74, 6) is 0.124. The molecule has 0 aliphatic carbocycles. The summed E-state index contributed by atoms with van der Waals surface area (Å²) in [6, 6.07) is 11.7. The smallest absolute Gasteiger partial charge is 0.422 e. The van der Waals surface area contributed by atoms with E-state index in [9.17, 15) is 18.3 Å². The number of nitrogens with zero attached hydrogens (tertiary/aromatic N) is 2. The fourth-order valence-electron chi connectivity index (χ4n) is 2.71. The van der Waals surface area contributed by atoms with Gasteiger partial charge in [-0.15, -0.1) is 0 Å². The highest BCUT2D eigenvalue weighted by atomic mass is 35.5. The zero-order valence-corrected chi connectivity index (χ0v) is 14.3. The van der Waals surface area contributed by atoms with Gasteiger partial charge in [0.25, 0.3) is 0 Å². The van der Waals surface area contributed by atoms with Crippen LogP contribution in [0.15, 0.2) is 47.5 Å². The molecule has 0 radical (unpaired) electrons. The highest BCUT2D eigenvalue weighted by Gasteiger charge is 2.34. The second kappa shape index (κ2) is 7.05. The first kappa shape index (κ1) is 18.3. The Kier molecular flexibility index (Phi) is 4.97. The summed E-state index contributed by atoms with van der Waals surface area (Å²) in [6.45, 7) is -1.47. The Hall–Kier alpha value is -2.45. The Balaban J connectivity index is 2.15. The minimum absolute atomic E-state index is 0.0780. The van der Waals surface area contributed by atoms with Crippen LogP contribution in [-0.4, -0.2) is 37.1 Å². The van der Waals surface area contributed by atoms with E-state index in [0.717, 1.165) is 0 Å². The largest absolute Gasteiger partial charge is 0.483 e. The molecule has 2 aromatic rings. The third kappa shape index (κ3) is 3.71. The molecule has 9 heteroatoms. The lowest BCUT2D eigenvalue weighted by Crippen LogP contribution is -2.51. The summed E-state index contributed by atoms with van der Waals surface area (Å²) in [5.41, 5.74) is 1.29. The number of nitrogens with one attached hydrogen (secondary N) is 1. The summed E-state index contributed by atoms with van der Waals surface area (Å²) in [4.78, 5) is 5.51. The SMILES string of the molecule is CN=C1NC(O)N(c2ccccc2)c2cc(Cl)cc(OCC(F)(F)F)c21. The van der Waals surface area contributed by atoms with E-state index in [0.29, 0.717) is 11.4 Å². The Bertz CT molecular complexity index is 828. The number of anilines is 2. The highest BCUT2D eigenvalue weighted by Crippen LogP contribution is 2.40. The van der Waals surface area contributed by atoms with Gasteiger partial charge in [-0.1, -0.05) is 29.8 Å². The van der Waals surface area contributed by atoms with Crippen molar-refractivity contribution in [3.8, 4) is 5.75 Å². The van der Waals surface area contributed by atoms with E-state index < -0.39 is 19.1 Å². The second-order valence-electron chi connectivity index (χ2n) is 5.50. The number of rotatable bonds is 3. The summed E-state index contributed by atoms with van der Waals surface area (Å²) < 4.78 is 42.8. The van der Waals surface area contributed by atoms with Crippen LogP contribution in [0.2, 0.25) is 5.02 Å². The minimum Gasteiger partial charge on any atom is -0.483 e. The zero-order chi connectivity index (χ0) is 18.9. The van der Waals surface area contributed by atoms with Gasteiger partial charge in [0.05, 0.1) is 11.3 Å². The van der Waals surface area contributed by atoms with Crippen molar-refractivity contribution in [3.63, 3.8) is 0 Å². The number of benzene rings is 2. The molecule has 0 spiro atoms. The van der Waals surface area contributed by atoms with Crippen molar-refractivity contribution in [1.82, 2.24) is 5.32 Å². The fourth-order valence-corrected chi connectivity index (χ4v) is 2.91. The van der Waals surface area contributed by atoms with Crippen LogP contribution < -0.4 is 15.0 Å². The quantitative estimate of drug-likeness (QED) is 0.846. The topological polar surface area (TPSA) is 57.1 Å². The number of ether oxygens (including phenoxy) is 1. The molecule has 1 heterocycles. The number of aliphatic hydroxyl groups is 1. The third-order valence-corrected chi connectivity index (χ3v) is 3.92. The van der Waals surface area contributed by atoms with Gasteiger partial charge in [0, 0.05) is 17.8 Å². The molecule has 0 saturated heterocycles. The molecular weight excluding hydrogens is 371 g/mol. The summed E-state index contributed by atoms with van der Waals surface area (Å²) in [6.07, 6.45) is -5.68. The maximum Gasteiger partial charge on any atom is 0.422 e. The average molecular weight is 386 g/mol.